The van der Waals surface area contributed by atoms with Crippen LogP contribution in [0.5, 0.6) is 0 Å². The first kappa shape index (κ1) is 14.7. The molecule has 0 N–H and O–H groups in total. The lowest BCUT2D eigenvalue weighted by atomic mass is 9.59. The highest BCUT2D eigenvalue weighted by Crippen LogP contribution is 2.56. The minimum absolute atomic E-state index is 0.0990. The van der Waals surface area contributed by atoms with Crippen LogP contribution in [0.2, 0.25) is 0 Å². The van der Waals surface area contributed by atoms with Crippen LogP contribution in [-0.4, -0.2) is 5.79 Å². The maximum absolute atomic E-state index is 9.41. The minimum Gasteiger partial charge on any atom is -0.453 e. The predicted molar refractivity (Wildman–Crippen MR) is 69.1 cm³/mol. The average molecular weight is 282 g/mol. The van der Waals surface area contributed by atoms with E-state index in [1.165, 1.54) is 0 Å². The molecule has 6 heteroatoms. The molecule has 1 aliphatic heterocycles. The van der Waals surface area contributed by atoms with Gasteiger partial charge in [0.05, 0.1) is 24.3 Å². The van der Waals surface area contributed by atoms with Gasteiger partial charge in [-0.05, 0) is 0 Å². The van der Waals surface area contributed by atoms with Crippen molar-refractivity contribution in [2.45, 2.75) is 45.3 Å². The first-order valence-electron chi connectivity index (χ1n) is 6.75. The second kappa shape index (κ2) is 4.69. The van der Waals surface area contributed by atoms with Crippen LogP contribution in [0, 0.1) is 56.2 Å². The number of hydrogen-bond acceptors (Lipinski definition) is 6. The van der Waals surface area contributed by atoms with Crippen LogP contribution < -0.4 is 0 Å². The topological polar surface area (TPSA) is 114 Å². The van der Waals surface area contributed by atoms with E-state index >= 15 is 0 Å². The largest absolute Gasteiger partial charge is 0.453 e. The number of hydrogen-bond donors (Lipinski definition) is 0. The maximum atomic E-state index is 9.41. The molecule has 106 valence electrons. The summed E-state index contributed by atoms with van der Waals surface area (Å²) in [4.78, 5) is 0. The van der Waals surface area contributed by atoms with Crippen molar-refractivity contribution in [3.8, 4) is 24.3 Å². The first-order chi connectivity index (χ1) is 9.99. The zero-order valence-corrected chi connectivity index (χ0v) is 11.9. The van der Waals surface area contributed by atoms with Gasteiger partial charge in [-0.15, -0.1) is 0 Å². The molecule has 0 radical (unpaired) electrons. The average Bonchev–Trinajstić information content (AvgIpc) is 2.90. The van der Waals surface area contributed by atoms with Gasteiger partial charge in [-0.1, -0.05) is 13.8 Å². The van der Waals surface area contributed by atoms with Crippen molar-refractivity contribution in [2.24, 2.45) is 10.8 Å². The van der Waals surface area contributed by atoms with Crippen molar-refractivity contribution in [3.05, 3.63) is 11.5 Å². The van der Waals surface area contributed by atoms with Crippen LogP contribution in [-0.2, 0) is 9.47 Å². The van der Waals surface area contributed by atoms with Crippen LogP contribution in [0.1, 0.15) is 39.5 Å². The zero-order valence-electron chi connectivity index (χ0n) is 11.9. The smallest absolute Gasteiger partial charge is 0.250 e. The van der Waals surface area contributed by atoms with Crippen LogP contribution in [0.15, 0.2) is 11.5 Å². The Balaban J connectivity index is 2.51. The number of rotatable bonds is 2. The minimum atomic E-state index is -1.74. The second-order valence-corrected chi connectivity index (χ2v) is 5.28. The van der Waals surface area contributed by atoms with Gasteiger partial charge in [0.15, 0.2) is 10.8 Å². The molecule has 1 aliphatic carbocycles. The van der Waals surface area contributed by atoms with Crippen LogP contribution in [0.25, 0.3) is 0 Å². The molecule has 2 aliphatic rings. The number of nitrogens with zero attached hydrogens (tertiary/aromatic N) is 4. The highest BCUT2D eigenvalue weighted by atomic mass is 16.7. The number of ether oxygens (including phenoxy) is 2. The summed E-state index contributed by atoms with van der Waals surface area (Å²) < 4.78 is 11.7. The predicted octanol–water partition coefficient (Wildman–Crippen LogP) is 2.62. The van der Waals surface area contributed by atoms with Crippen molar-refractivity contribution >= 4 is 0 Å². The van der Waals surface area contributed by atoms with Crippen LogP contribution in [0.3, 0.4) is 0 Å². The van der Waals surface area contributed by atoms with Crippen LogP contribution >= 0.6 is 0 Å². The van der Waals surface area contributed by atoms with Crippen molar-refractivity contribution in [2.75, 3.05) is 0 Å². The Morgan fingerprint density at radius 3 is 1.38 bits per heavy atom. The Morgan fingerprint density at radius 2 is 1.14 bits per heavy atom. The summed E-state index contributed by atoms with van der Waals surface area (Å²) in [5.74, 6) is 0.0216. The molecule has 0 unspecified atom stereocenters. The molecule has 2 rings (SSSR count). The standard InChI is InChI=1S/C15H14N4O2/c1-3-15(4-2)20-11-5-13(7-16,8-17)14(9-18,10-19)6-12(11)21-15/h3-6H2,1-2H3. The van der Waals surface area contributed by atoms with Crippen molar-refractivity contribution in [1.29, 1.82) is 21.0 Å². The molecule has 0 atom stereocenters. The Hall–Kier alpha value is -2.70. The lowest BCUT2D eigenvalue weighted by Gasteiger charge is -2.33. The molecule has 0 aromatic rings. The van der Waals surface area contributed by atoms with Gasteiger partial charge in [-0.3, -0.25) is 0 Å². The zero-order chi connectivity index (χ0) is 15.7. The fourth-order valence-electron chi connectivity index (χ4n) is 2.77. The summed E-state index contributed by atoms with van der Waals surface area (Å²) in [6, 6.07) is 7.44. The van der Waals surface area contributed by atoms with Gasteiger partial charge >= 0.3 is 0 Å². The molecule has 0 spiro atoms. The Kier molecular flexibility index (Phi) is 3.29. The molecule has 21 heavy (non-hydrogen) atoms. The fraction of sp³-hybridized carbons (Fsp3) is 0.600. The van der Waals surface area contributed by atoms with E-state index in [-0.39, 0.29) is 12.8 Å². The van der Waals surface area contributed by atoms with Crippen molar-refractivity contribution < 1.29 is 9.47 Å². The van der Waals surface area contributed by atoms with E-state index in [0.717, 1.165) is 0 Å². The molecular formula is C15H14N4O2. The molecule has 0 aromatic carbocycles. The van der Waals surface area contributed by atoms with E-state index in [4.69, 9.17) is 9.47 Å². The van der Waals surface area contributed by atoms with E-state index in [2.05, 4.69) is 0 Å². The van der Waals surface area contributed by atoms with Gasteiger partial charge in [0, 0.05) is 25.7 Å². The van der Waals surface area contributed by atoms with Crippen LogP contribution in [0.4, 0.5) is 0 Å². The molecule has 0 saturated carbocycles. The van der Waals surface area contributed by atoms with Gasteiger partial charge in [-0.25, -0.2) is 0 Å². The monoisotopic (exact) mass is 282 g/mol. The summed E-state index contributed by atoms with van der Waals surface area (Å²) in [6.07, 6.45) is 0.986. The third-order valence-corrected chi connectivity index (χ3v) is 4.35. The molecular weight excluding hydrogens is 268 g/mol. The summed E-state index contributed by atoms with van der Waals surface area (Å²) >= 11 is 0. The van der Waals surface area contributed by atoms with Crippen molar-refractivity contribution in [3.63, 3.8) is 0 Å². The summed E-state index contributed by atoms with van der Waals surface area (Å²) in [5.41, 5.74) is -3.48. The summed E-state index contributed by atoms with van der Waals surface area (Å²) in [6.45, 7) is 3.82. The molecule has 0 fully saturated rings. The fourth-order valence-corrected chi connectivity index (χ4v) is 2.77. The van der Waals surface area contributed by atoms with Gasteiger partial charge in [0.1, 0.15) is 11.5 Å². The van der Waals surface area contributed by atoms with E-state index in [1.54, 1.807) is 0 Å². The Labute approximate surface area is 123 Å². The van der Waals surface area contributed by atoms with E-state index < -0.39 is 16.6 Å². The lowest BCUT2D eigenvalue weighted by molar-refractivity contribution is -0.158. The maximum Gasteiger partial charge on any atom is 0.250 e. The SMILES string of the molecule is CCC1(CC)OC2=C(CC(C#N)(C#N)C(C#N)(C#N)C2)O1. The molecule has 1 heterocycles. The normalized spacial score (nSPS) is 23.3. The summed E-state index contributed by atoms with van der Waals surface area (Å²) in [7, 11) is 0. The van der Waals surface area contributed by atoms with E-state index in [1.807, 2.05) is 38.1 Å². The number of nitriles is 4. The second-order valence-electron chi connectivity index (χ2n) is 5.28. The van der Waals surface area contributed by atoms with Gasteiger partial charge < -0.3 is 9.47 Å². The van der Waals surface area contributed by atoms with Gasteiger partial charge in [0.25, 0.3) is 0 Å². The lowest BCUT2D eigenvalue weighted by Crippen LogP contribution is -2.41. The van der Waals surface area contributed by atoms with Crippen molar-refractivity contribution in [1.82, 2.24) is 0 Å². The van der Waals surface area contributed by atoms with E-state index in [9.17, 15) is 21.0 Å². The highest BCUT2D eigenvalue weighted by molar-refractivity contribution is 5.41. The molecule has 0 aromatic heterocycles. The van der Waals surface area contributed by atoms with Gasteiger partial charge in [-0.2, -0.15) is 21.0 Å². The third kappa shape index (κ3) is 1.74. The molecule has 0 saturated heterocycles. The summed E-state index contributed by atoms with van der Waals surface area (Å²) in [5, 5.41) is 37.6. The first-order valence-corrected chi connectivity index (χ1v) is 6.75. The molecule has 6 nitrogen and oxygen atoms in total. The molecule has 0 amide bonds. The number of allylic oxidation sites excluding steroid dienone is 2. The van der Waals surface area contributed by atoms with Gasteiger partial charge in [0.2, 0.25) is 5.79 Å². The Morgan fingerprint density at radius 1 is 0.810 bits per heavy atom. The molecule has 0 bridgehead atoms. The highest BCUT2D eigenvalue weighted by Gasteiger charge is 2.62. The van der Waals surface area contributed by atoms with E-state index in [0.29, 0.717) is 24.4 Å². The Bertz CT molecular complexity index is 580. The third-order valence-electron chi connectivity index (χ3n) is 4.35. The quantitative estimate of drug-likeness (QED) is 0.769.